The Morgan fingerprint density at radius 3 is 2.71 bits per heavy atom. The minimum Gasteiger partial charge on any atom is -0.473 e. The number of piperidine rings is 1. The van der Waals surface area contributed by atoms with Gasteiger partial charge in [0.2, 0.25) is 5.88 Å². The van der Waals surface area contributed by atoms with Crippen LogP contribution in [-0.4, -0.2) is 47.8 Å². The second kappa shape index (κ2) is 13.8. The van der Waals surface area contributed by atoms with Crippen LogP contribution in [0.5, 0.6) is 5.88 Å². The van der Waals surface area contributed by atoms with E-state index in [0.29, 0.717) is 24.1 Å². The Hall–Kier alpha value is -2.44. The number of hydrogen-bond acceptors (Lipinski definition) is 4. The molecule has 3 rings (SSSR count). The number of thiocarbonyl (C=S) groups is 1. The quantitative estimate of drug-likeness (QED) is 0.313. The van der Waals surface area contributed by atoms with Gasteiger partial charge in [-0.05, 0) is 74.3 Å². The van der Waals surface area contributed by atoms with E-state index in [4.69, 9.17) is 17.0 Å². The first-order valence-electron chi connectivity index (χ1n) is 11.3. The third-order valence-corrected chi connectivity index (χ3v) is 5.59. The highest BCUT2D eigenvalue weighted by Gasteiger charge is 2.10. The van der Waals surface area contributed by atoms with Gasteiger partial charge in [-0.2, -0.15) is 0 Å². The average molecular weight is 439 g/mol. The molecule has 2 heterocycles. The molecule has 0 aliphatic carbocycles. The summed E-state index contributed by atoms with van der Waals surface area (Å²) in [6, 6.07) is 14.6. The fourth-order valence-corrected chi connectivity index (χ4v) is 3.83. The predicted octanol–water partition coefficient (Wildman–Crippen LogP) is 4.10. The highest BCUT2D eigenvalue weighted by atomic mass is 32.1. The van der Waals surface area contributed by atoms with Gasteiger partial charge < -0.3 is 15.4 Å². The number of aryl methyl sites for hydroxylation is 1. The van der Waals surface area contributed by atoms with Crippen LogP contribution >= 0.6 is 12.2 Å². The molecule has 0 unspecified atom stereocenters. The van der Waals surface area contributed by atoms with Crippen LogP contribution in [0.2, 0.25) is 0 Å². The Bertz CT molecular complexity index is 806. The number of rotatable bonds is 11. The van der Waals surface area contributed by atoms with E-state index in [2.05, 4.69) is 56.9 Å². The third-order valence-electron chi connectivity index (χ3n) is 5.30. The fraction of sp³-hybridized carbons (Fsp3) is 0.440. The Kier molecular flexibility index (Phi) is 10.3. The van der Waals surface area contributed by atoms with Crippen LogP contribution in [0.1, 0.15) is 36.8 Å². The molecule has 0 radical (unpaired) electrons. The summed E-state index contributed by atoms with van der Waals surface area (Å²) in [5.74, 6) is 0.683. The smallest absolute Gasteiger partial charge is 0.213 e. The number of hydrogen-bond donors (Lipinski definition) is 2. The van der Waals surface area contributed by atoms with E-state index in [9.17, 15) is 0 Å². The normalized spacial score (nSPS) is 14.5. The molecule has 0 atom stereocenters. The van der Waals surface area contributed by atoms with Gasteiger partial charge in [0.1, 0.15) is 6.61 Å². The maximum atomic E-state index is 5.77. The number of pyridine rings is 1. The SMILES string of the molecule is S=C(NC/C=C\COc1cc(CN2CCCCC2)ccn1)NCCCc1ccccc1. The molecule has 2 N–H and O–H groups in total. The second-order valence-electron chi connectivity index (χ2n) is 7.85. The highest BCUT2D eigenvalue weighted by molar-refractivity contribution is 7.80. The number of benzene rings is 1. The summed E-state index contributed by atoms with van der Waals surface area (Å²) in [7, 11) is 0. The van der Waals surface area contributed by atoms with Crippen LogP contribution in [0.3, 0.4) is 0 Å². The van der Waals surface area contributed by atoms with Gasteiger partial charge in [0.05, 0.1) is 0 Å². The predicted molar refractivity (Wildman–Crippen MR) is 131 cm³/mol. The van der Waals surface area contributed by atoms with Crippen molar-refractivity contribution in [3.8, 4) is 5.88 Å². The Balaban J connectivity index is 1.24. The van der Waals surface area contributed by atoms with Crippen LogP contribution in [0.4, 0.5) is 0 Å². The third kappa shape index (κ3) is 9.49. The monoisotopic (exact) mass is 438 g/mol. The molecule has 0 amide bonds. The Morgan fingerprint density at radius 2 is 1.87 bits per heavy atom. The summed E-state index contributed by atoms with van der Waals surface area (Å²) in [6.07, 6.45) is 11.9. The molecule has 1 fully saturated rings. The van der Waals surface area contributed by atoms with E-state index < -0.39 is 0 Å². The molecular formula is C25H34N4OS. The van der Waals surface area contributed by atoms with Gasteiger partial charge in [-0.25, -0.2) is 4.98 Å². The average Bonchev–Trinajstić information content (AvgIpc) is 2.81. The molecule has 0 bridgehead atoms. The molecule has 2 aromatic rings. The molecular weight excluding hydrogens is 404 g/mol. The zero-order valence-electron chi connectivity index (χ0n) is 18.3. The van der Waals surface area contributed by atoms with Crippen LogP contribution in [-0.2, 0) is 13.0 Å². The van der Waals surface area contributed by atoms with Crippen LogP contribution in [0, 0.1) is 0 Å². The van der Waals surface area contributed by atoms with Gasteiger partial charge in [0.25, 0.3) is 0 Å². The van der Waals surface area contributed by atoms with E-state index in [1.54, 1.807) is 0 Å². The fourth-order valence-electron chi connectivity index (χ4n) is 3.64. The van der Waals surface area contributed by atoms with E-state index in [0.717, 1.165) is 25.9 Å². The van der Waals surface area contributed by atoms with Crippen molar-refractivity contribution in [1.82, 2.24) is 20.5 Å². The number of nitrogens with zero attached hydrogens (tertiary/aromatic N) is 2. The summed E-state index contributed by atoms with van der Waals surface area (Å²) in [5.41, 5.74) is 2.62. The minimum absolute atomic E-state index is 0.499. The maximum absolute atomic E-state index is 5.77. The topological polar surface area (TPSA) is 49.4 Å². The molecule has 31 heavy (non-hydrogen) atoms. The van der Waals surface area contributed by atoms with Gasteiger partial charge in [-0.3, -0.25) is 4.90 Å². The van der Waals surface area contributed by atoms with Crippen LogP contribution in [0.25, 0.3) is 0 Å². The van der Waals surface area contributed by atoms with Crippen molar-refractivity contribution in [1.29, 1.82) is 0 Å². The molecule has 6 heteroatoms. The highest BCUT2D eigenvalue weighted by Crippen LogP contribution is 2.15. The van der Waals surface area contributed by atoms with E-state index in [1.165, 1.54) is 43.5 Å². The molecule has 0 spiro atoms. The van der Waals surface area contributed by atoms with Gasteiger partial charge in [0, 0.05) is 31.9 Å². The molecule has 1 aliphatic heterocycles. The molecule has 1 aromatic carbocycles. The van der Waals surface area contributed by atoms with Crippen molar-refractivity contribution < 1.29 is 4.74 Å². The Morgan fingerprint density at radius 1 is 1.03 bits per heavy atom. The summed E-state index contributed by atoms with van der Waals surface area (Å²) in [4.78, 5) is 6.83. The lowest BCUT2D eigenvalue weighted by atomic mass is 10.1. The molecule has 0 saturated carbocycles. The summed E-state index contributed by atoms with van der Waals surface area (Å²) < 4.78 is 5.77. The lowest BCUT2D eigenvalue weighted by Crippen LogP contribution is -2.35. The van der Waals surface area contributed by atoms with Gasteiger partial charge in [-0.15, -0.1) is 0 Å². The molecule has 1 saturated heterocycles. The lowest BCUT2D eigenvalue weighted by molar-refractivity contribution is 0.220. The Labute approximate surface area is 191 Å². The zero-order valence-corrected chi connectivity index (χ0v) is 19.1. The molecule has 166 valence electrons. The lowest BCUT2D eigenvalue weighted by Gasteiger charge is -2.26. The van der Waals surface area contributed by atoms with Crippen molar-refractivity contribution in [3.05, 3.63) is 71.9 Å². The van der Waals surface area contributed by atoms with E-state index in [-0.39, 0.29) is 0 Å². The van der Waals surface area contributed by atoms with Crippen LogP contribution < -0.4 is 15.4 Å². The molecule has 1 aromatic heterocycles. The van der Waals surface area contributed by atoms with Crippen molar-refractivity contribution >= 4 is 17.3 Å². The summed E-state index contributed by atoms with van der Waals surface area (Å²) >= 11 is 5.32. The first kappa shape index (κ1) is 23.2. The number of nitrogens with one attached hydrogen (secondary N) is 2. The van der Waals surface area contributed by atoms with Gasteiger partial charge >= 0.3 is 0 Å². The maximum Gasteiger partial charge on any atom is 0.213 e. The molecule has 1 aliphatic rings. The van der Waals surface area contributed by atoms with Crippen molar-refractivity contribution in [2.45, 2.75) is 38.6 Å². The van der Waals surface area contributed by atoms with Crippen LogP contribution in [0.15, 0.2) is 60.8 Å². The first-order chi connectivity index (χ1) is 15.3. The van der Waals surface area contributed by atoms with Crippen molar-refractivity contribution in [2.24, 2.45) is 0 Å². The van der Waals surface area contributed by atoms with Gasteiger partial charge in [-0.1, -0.05) is 42.8 Å². The largest absolute Gasteiger partial charge is 0.473 e. The standard InChI is InChI=1S/C25H34N4OS/c31-25(28-15-9-12-22-10-3-1-4-11-22)27-14-5-8-19-30-24-20-23(13-16-26-24)21-29-17-6-2-7-18-29/h1,3-5,8,10-11,13,16,20H,2,6-7,9,12,14-15,17-19,21H2,(H2,27,28,31)/b8-5-. The number of ether oxygens (including phenoxy) is 1. The summed E-state index contributed by atoms with van der Waals surface area (Å²) in [5, 5.41) is 7.13. The number of aromatic nitrogens is 1. The minimum atomic E-state index is 0.499. The second-order valence-corrected chi connectivity index (χ2v) is 8.26. The van der Waals surface area contributed by atoms with E-state index >= 15 is 0 Å². The number of likely N-dealkylation sites (tertiary alicyclic amines) is 1. The van der Waals surface area contributed by atoms with Crippen molar-refractivity contribution in [3.63, 3.8) is 0 Å². The van der Waals surface area contributed by atoms with E-state index in [1.807, 2.05) is 24.4 Å². The van der Waals surface area contributed by atoms with Gasteiger partial charge in [0.15, 0.2) is 5.11 Å². The first-order valence-corrected chi connectivity index (χ1v) is 11.7. The van der Waals surface area contributed by atoms with Crippen molar-refractivity contribution in [2.75, 3.05) is 32.8 Å². The molecule has 5 nitrogen and oxygen atoms in total. The summed E-state index contributed by atoms with van der Waals surface area (Å²) in [6.45, 7) is 5.41. The zero-order chi connectivity index (χ0) is 21.6.